The maximum absolute atomic E-state index is 5.60. The second-order valence-electron chi connectivity index (χ2n) is 1.93. The van der Waals surface area contributed by atoms with Crippen molar-refractivity contribution in [3.63, 3.8) is 0 Å². The van der Waals surface area contributed by atoms with Gasteiger partial charge in [0.2, 0.25) is 0 Å². The Morgan fingerprint density at radius 2 is 2.10 bits per heavy atom. The molecule has 0 aliphatic carbocycles. The fraction of sp³-hybridized carbons (Fsp3) is 0.143. The zero-order valence-electron chi connectivity index (χ0n) is 5.57. The molecule has 0 aromatic carbocycles. The molecular weight excluding hydrogens is 126 g/mol. The monoisotopic (exact) mass is 135 g/mol. The summed E-state index contributed by atoms with van der Waals surface area (Å²) in [6.07, 6.45) is 6.48. The van der Waals surface area contributed by atoms with Gasteiger partial charge in [-0.1, -0.05) is 6.08 Å². The van der Waals surface area contributed by atoms with E-state index in [2.05, 4.69) is 16.5 Å². The third kappa shape index (κ3) is 1.39. The summed E-state index contributed by atoms with van der Waals surface area (Å²) in [5.41, 5.74) is 6.48. The van der Waals surface area contributed by atoms with E-state index in [1.165, 1.54) is 6.33 Å². The first kappa shape index (κ1) is 6.89. The number of hydrogen-bond acceptors (Lipinski definition) is 3. The molecule has 10 heavy (non-hydrogen) atoms. The molecule has 1 rings (SSSR count). The lowest BCUT2D eigenvalue weighted by Crippen LogP contribution is -2.06. The molecule has 0 amide bonds. The number of rotatable bonds is 2. The number of nitrogens with two attached hydrogens (primary N) is 1. The molecular formula is C7H9N3. The first-order valence-electron chi connectivity index (χ1n) is 2.97. The van der Waals surface area contributed by atoms with Gasteiger partial charge in [0.1, 0.15) is 6.33 Å². The fourth-order valence-electron chi connectivity index (χ4n) is 0.619. The average Bonchev–Trinajstić information content (AvgIpc) is 2.05. The van der Waals surface area contributed by atoms with Crippen LogP contribution < -0.4 is 5.73 Å². The Hall–Kier alpha value is -1.22. The predicted molar refractivity (Wildman–Crippen MR) is 39.2 cm³/mol. The van der Waals surface area contributed by atoms with Crippen LogP contribution in [0.25, 0.3) is 0 Å². The van der Waals surface area contributed by atoms with Crippen LogP contribution in [0.2, 0.25) is 0 Å². The van der Waals surface area contributed by atoms with Crippen molar-refractivity contribution in [2.75, 3.05) is 0 Å². The first-order valence-corrected chi connectivity index (χ1v) is 2.97. The van der Waals surface area contributed by atoms with Crippen LogP contribution in [0.3, 0.4) is 0 Å². The molecule has 1 atom stereocenters. The Kier molecular flexibility index (Phi) is 2.12. The predicted octanol–water partition coefficient (Wildman–Crippen LogP) is 0.662. The molecule has 0 aliphatic rings. The third-order valence-electron chi connectivity index (χ3n) is 1.22. The van der Waals surface area contributed by atoms with Crippen molar-refractivity contribution < 1.29 is 0 Å². The van der Waals surface area contributed by atoms with Gasteiger partial charge in [0, 0.05) is 18.0 Å². The normalized spacial score (nSPS) is 12.5. The molecule has 1 heterocycles. The summed E-state index contributed by atoms with van der Waals surface area (Å²) in [7, 11) is 0. The van der Waals surface area contributed by atoms with Crippen LogP contribution in [0.5, 0.6) is 0 Å². The van der Waals surface area contributed by atoms with Crippen LogP contribution >= 0.6 is 0 Å². The van der Waals surface area contributed by atoms with Gasteiger partial charge in [-0.3, -0.25) is 0 Å². The van der Waals surface area contributed by atoms with Crippen molar-refractivity contribution in [2.24, 2.45) is 5.73 Å². The van der Waals surface area contributed by atoms with Crippen molar-refractivity contribution in [1.29, 1.82) is 0 Å². The van der Waals surface area contributed by atoms with Crippen LogP contribution in [-0.4, -0.2) is 9.97 Å². The van der Waals surface area contributed by atoms with E-state index in [0.29, 0.717) is 0 Å². The van der Waals surface area contributed by atoms with E-state index >= 15 is 0 Å². The Bertz CT molecular complexity index is 207. The lowest BCUT2D eigenvalue weighted by molar-refractivity contribution is 0.887. The molecule has 3 heteroatoms. The van der Waals surface area contributed by atoms with E-state index in [-0.39, 0.29) is 6.04 Å². The number of nitrogens with zero attached hydrogens (tertiary/aromatic N) is 2. The summed E-state index contributed by atoms with van der Waals surface area (Å²) in [5.74, 6) is 0. The van der Waals surface area contributed by atoms with Crippen LogP contribution in [0.1, 0.15) is 11.6 Å². The van der Waals surface area contributed by atoms with Gasteiger partial charge in [-0.05, 0) is 0 Å². The molecule has 0 radical (unpaired) electrons. The molecule has 0 saturated carbocycles. The SMILES string of the molecule is C=C[C@H](N)c1cncnc1. The van der Waals surface area contributed by atoms with E-state index in [4.69, 9.17) is 5.73 Å². The quantitative estimate of drug-likeness (QED) is 0.606. The first-order chi connectivity index (χ1) is 4.84. The third-order valence-corrected chi connectivity index (χ3v) is 1.22. The summed E-state index contributed by atoms with van der Waals surface area (Å²) in [4.78, 5) is 7.63. The number of aromatic nitrogens is 2. The van der Waals surface area contributed by atoms with Crippen molar-refractivity contribution in [3.05, 3.63) is 36.9 Å². The van der Waals surface area contributed by atoms with Crippen LogP contribution in [-0.2, 0) is 0 Å². The second-order valence-corrected chi connectivity index (χ2v) is 1.93. The Morgan fingerprint density at radius 3 is 2.60 bits per heavy atom. The molecule has 0 saturated heterocycles. The van der Waals surface area contributed by atoms with E-state index in [0.717, 1.165) is 5.56 Å². The van der Waals surface area contributed by atoms with Crippen molar-refractivity contribution >= 4 is 0 Å². The molecule has 0 bridgehead atoms. The molecule has 0 spiro atoms. The highest BCUT2D eigenvalue weighted by molar-refractivity contribution is 5.13. The summed E-state index contributed by atoms with van der Waals surface area (Å²) >= 11 is 0. The molecule has 0 unspecified atom stereocenters. The van der Waals surface area contributed by atoms with Gasteiger partial charge >= 0.3 is 0 Å². The van der Waals surface area contributed by atoms with Gasteiger partial charge < -0.3 is 5.73 Å². The van der Waals surface area contributed by atoms with Gasteiger partial charge in [0.15, 0.2) is 0 Å². The summed E-state index contributed by atoms with van der Waals surface area (Å²) in [5, 5.41) is 0. The Morgan fingerprint density at radius 1 is 1.50 bits per heavy atom. The van der Waals surface area contributed by atoms with Crippen LogP contribution in [0.4, 0.5) is 0 Å². The average molecular weight is 135 g/mol. The standard InChI is InChI=1S/C7H9N3/c1-2-7(8)6-3-9-5-10-4-6/h2-5,7H,1,8H2/t7-/m0/s1. The smallest absolute Gasteiger partial charge is 0.115 e. The van der Waals surface area contributed by atoms with E-state index in [9.17, 15) is 0 Å². The van der Waals surface area contributed by atoms with Crippen LogP contribution in [0.15, 0.2) is 31.4 Å². The summed E-state index contributed by atoms with van der Waals surface area (Å²) in [6, 6.07) is -0.152. The number of hydrogen-bond donors (Lipinski definition) is 1. The topological polar surface area (TPSA) is 51.8 Å². The van der Waals surface area contributed by atoms with E-state index in [1.807, 2.05) is 0 Å². The Balaban J connectivity index is 2.84. The zero-order valence-corrected chi connectivity index (χ0v) is 5.57. The van der Waals surface area contributed by atoms with Crippen molar-refractivity contribution in [2.45, 2.75) is 6.04 Å². The molecule has 52 valence electrons. The van der Waals surface area contributed by atoms with Gasteiger partial charge in [0.25, 0.3) is 0 Å². The van der Waals surface area contributed by atoms with E-state index in [1.54, 1.807) is 18.5 Å². The molecule has 1 aromatic heterocycles. The maximum atomic E-state index is 5.60. The van der Waals surface area contributed by atoms with Crippen molar-refractivity contribution in [3.8, 4) is 0 Å². The minimum absolute atomic E-state index is 0.152. The van der Waals surface area contributed by atoms with Crippen LogP contribution in [0, 0.1) is 0 Å². The molecule has 2 N–H and O–H groups in total. The minimum atomic E-state index is -0.152. The molecule has 3 nitrogen and oxygen atoms in total. The second kappa shape index (κ2) is 3.08. The lowest BCUT2D eigenvalue weighted by atomic mass is 10.2. The van der Waals surface area contributed by atoms with Crippen molar-refractivity contribution in [1.82, 2.24) is 9.97 Å². The lowest BCUT2D eigenvalue weighted by Gasteiger charge is -2.02. The van der Waals surface area contributed by atoms with Gasteiger partial charge in [-0.2, -0.15) is 0 Å². The molecule has 0 fully saturated rings. The van der Waals surface area contributed by atoms with Gasteiger partial charge in [-0.15, -0.1) is 6.58 Å². The highest BCUT2D eigenvalue weighted by Crippen LogP contribution is 2.05. The highest BCUT2D eigenvalue weighted by atomic mass is 14.8. The van der Waals surface area contributed by atoms with E-state index < -0.39 is 0 Å². The minimum Gasteiger partial charge on any atom is -0.321 e. The largest absolute Gasteiger partial charge is 0.321 e. The molecule has 0 aliphatic heterocycles. The fourth-order valence-corrected chi connectivity index (χ4v) is 0.619. The molecule has 1 aromatic rings. The van der Waals surface area contributed by atoms with Gasteiger partial charge in [0.05, 0.1) is 6.04 Å². The van der Waals surface area contributed by atoms with Gasteiger partial charge in [-0.25, -0.2) is 9.97 Å². The summed E-state index contributed by atoms with van der Waals surface area (Å²) < 4.78 is 0. The summed E-state index contributed by atoms with van der Waals surface area (Å²) in [6.45, 7) is 3.56. The zero-order chi connectivity index (χ0) is 7.40. The Labute approximate surface area is 59.6 Å². The highest BCUT2D eigenvalue weighted by Gasteiger charge is 1.98. The maximum Gasteiger partial charge on any atom is 0.115 e.